The van der Waals surface area contributed by atoms with E-state index >= 15 is 0 Å². The van der Waals surface area contributed by atoms with Gasteiger partial charge in [0.05, 0.1) is 5.56 Å². The summed E-state index contributed by atoms with van der Waals surface area (Å²) in [5.41, 5.74) is 6.43. The predicted octanol–water partition coefficient (Wildman–Crippen LogP) is 1.60. The van der Waals surface area contributed by atoms with Crippen molar-refractivity contribution in [3.8, 4) is 5.75 Å². The highest BCUT2D eigenvalue weighted by molar-refractivity contribution is 7.80. The summed E-state index contributed by atoms with van der Waals surface area (Å²) in [7, 11) is 2.15. The Bertz CT molecular complexity index is 475. The van der Waals surface area contributed by atoms with E-state index < -0.39 is 0 Å². The van der Waals surface area contributed by atoms with Crippen LogP contribution in [0.1, 0.15) is 5.56 Å². The zero-order chi connectivity index (χ0) is 14.5. The Morgan fingerprint density at radius 1 is 1.35 bits per heavy atom. The first-order chi connectivity index (χ1) is 9.56. The van der Waals surface area contributed by atoms with E-state index in [0.717, 1.165) is 38.3 Å². The molecule has 6 heteroatoms. The quantitative estimate of drug-likeness (QED) is 0.836. The van der Waals surface area contributed by atoms with Gasteiger partial charge < -0.3 is 15.4 Å². The van der Waals surface area contributed by atoms with Crippen molar-refractivity contribution >= 4 is 28.8 Å². The lowest BCUT2D eigenvalue weighted by Gasteiger charge is -2.32. The molecule has 0 amide bonds. The van der Waals surface area contributed by atoms with Crippen molar-refractivity contribution in [1.82, 2.24) is 9.80 Å². The molecule has 0 spiro atoms. The molecule has 0 atom stereocenters. The van der Waals surface area contributed by atoms with Crippen molar-refractivity contribution in [3.05, 3.63) is 28.8 Å². The lowest BCUT2D eigenvalue weighted by atomic mass is 10.2. The van der Waals surface area contributed by atoms with Crippen LogP contribution in [0.2, 0.25) is 5.02 Å². The minimum Gasteiger partial charge on any atom is -0.491 e. The van der Waals surface area contributed by atoms with Gasteiger partial charge in [-0.15, -0.1) is 0 Å². The van der Waals surface area contributed by atoms with Gasteiger partial charge in [-0.3, -0.25) is 4.90 Å². The number of halogens is 1. The molecule has 1 fully saturated rings. The molecule has 0 radical (unpaired) electrons. The van der Waals surface area contributed by atoms with Crippen LogP contribution in [-0.2, 0) is 0 Å². The summed E-state index contributed by atoms with van der Waals surface area (Å²) in [6, 6.07) is 5.33. The fourth-order valence-corrected chi connectivity index (χ4v) is 2.51. The van der Waals surface area contributed by atoms with Crippen molar-refractivity contribution < 1.29 is 4.74 Å². The first kappa shape index (κ1) is 15.5. The number of hydrogen-bond donors (Lipinski definition) is 1. The van der Waals surface area contributed by atoms with Crippen LogP contribution in [0.15, 0.2) is 18.2 Å². The van der Waals surface area contributed by atoms with Crippen LogP contribution in [0.5, 0.6) is 5.75 Å². The number of ether oxygens (including phenoxy) is 1. The SMILES string of the molecule is CN1CCN(CCOc2cc(Cl)ccc2C(N)=S)CC1. The molecule has 1 heterocycles. The zero-order valence-electron chi connectivity index (χ0n) is 11.6. The van der Waals surface area contributed by atoms with Crippen molar-refractivity contribution in [2.45, 2.75) is 0 Å². The van der Waals surface area contributed by atoms with Crippen LogP contribution in [0, 0.1) is 0 Å². The minimum atomic E-state index is 0.330. The van der Waals surface area contributed by atoms with Gasteiger partial charge >= 0.3 is 0 Å². The standard InChI is InChI=1S/C14H20ClN3OS/c1-17-4-6-18(7-5-17)8-9-19-13-10-11(15)2-3-12(13)14(16)20/h2-3,10H,4-9H2,1H3,(H2,16,20). The molecule has 20 heavy (non-hydrogen) atoms. The first-order valence-corrected chi connectivity index (χ1v) is 7.48. The molecule has 0 unspecified atom stereocenters. The lowest BCUT2D eigenvalue weighted by molar-refractivity contribution is 0.133. The molecule has 1 saturated heterocycles. The second kappa shape index (κ2) is 7.22. The van der Waals surface area contributed by atoms with Crippen molar-refractivity contribution in [2.75, 3.05) is 46.4 Å². The number of hydrogen-bond acceptors (Lipinski definition) is 4. The summed E-state index contributed by atoms with van der Waals surface area (Å²) in [6.07, 6.45) is 0. The van der Waals surface area contributed by atoms with Crippen LogP contribution in [0.25, 0.3) is 0 Å². The van der Waals surface area contributed by atoms with Crippen LogP contribution < -0.4 is 10.5 Å². The number of piperazine rings is 1. The molecule has 1 aliphatic rings. The third kappa shape index (κ3) is 4.31. The molecular weight excluding hydrogens is 294 g/mol. The molecule has 0 bridgehead atoms. The number of thiocarbonyl (C=S) groups is 1. The van der Waals surface area contributed by atoms with Crippen LogP contribution in [0.4, 0.5) is 0 Å². The van der Waals surface area contributed by atoms with E-state index in [1.807, 2.05) is 0 Å². The summed E-state index contributed by atoms with van der Waals surface area (Å²) in [5.74, 6) is 0.666. The van der Waals surface area contributed by atoms with Gasteiger partial charge in [0.2, 0.25) is 0 Å². The van der Waals surface area contributed by atoms with Crippen LogP contribution >= 0.6 is 23.8 Å². The molecule has 0 saturated carbocycles. The van der Waals surface area contributed by atoms with E-state index in [9.17, 15) is 0 Å². The zero-order valence-corrected chi connectivity index (χ0v) is 13.2. The molecule has 1 aromatic carbocycles. The van der Waals surface area contributed by atoms with Gasteiger partial charge in [0.25, 0.3) is 0 Å². The Hall–Kier alpha value is -0.880. The highest BCUT2D eigenvalue weighted by Gasteiger charge is 2.14. The Labute approximate surface area is 130 Å². The molecule has 1 aromatic rings. The number of nitrogens with two attached hydrogens (primary N) is 1. The first-order valence-electron chi connectivity index (χ1n) is 6.69. The number of benzene rings is 1. The summed E-state index contributed by atoms with van der Waals surface area (Å²) in [4.78, 5) is 5.06. The Morgan fingerprint density at radius 3 is 2.70 bits per heavy atom. The molecular formula is C14H20ClN3OS. The van der Waals surface area contributed by atoms with E-state index in [2.05, 4.69) is 16.8 Å². The Kier molecular flexibility index (Phi) is 5.60. The predicted molar refractivity (Wildman–Crippen MR) is 86.8 cm³/mol. The number of rotatable bonds is 5. The molecule has 0 aliphatic carbocycles. The van der Waals surface area contributed by atoms with Crippen LogP contribution in [-0.4, -0.2) is 61.2 Å². The molecule has 110 valence electrons. The maximum atomic E-state index is 5.99. The summed E-state index contributed by atoms with van der Waals surface area (Å²) in [6.45, 7) is 5.89. The second-order valence-electron chi connectivity index (χ2n) is 5.00. The fraction of sp³-hybridized carbons (Fsp3) is 0.500. The second-order valence-corrected chi connectivity index (χ2v) is 5.87. The smallest absolute Gasteiger partial charge is 0.131 e. The highest BCUT2D eigenvalue weighted by Crippen LogP contribution is 2.23. The molecule has 4 nitrogen and oxygen atoms in total. The molecule has 2 N–H and O–H groups in total. The largest absolute Gasteiger partial charge is 0.491 e. The van der Waals surface area contributed by atoms with Crippen LogP contribution in [0.3, 0.4) is 0 Å². The van der Waals surface area contributed by atoms with Crippen molar-refractivity contribution in [3.63, 3.8) is 0 Å². The summed E-state index contributed by atoms with van der Waals surface area (Å²) >= 11 is 11.0. The van der Waals surface area contributed by atoms with Gasteiger partial charge in [-0.1, -0.05) is 23.8 Å². The van der Waals surface area contributed by atoms with Crippen molar-refractivity contribution in [1.29, 1.82) is 0 Å². The number of nitrogens with zero attached hydrogens (tertiary/aromatic N) is 2. The number of likely N-dealkylation sites (N-methyl/N-ethyl adjacent to an activating group) is 1. The van der Waals surface area contributed by atoms with E-state index in [1.54, 1.807) is 18.2 Å². The average molecular weight is 314 g/mol. The maximum Gasteiger partial charge on any atom is 0.131 e. The fourth-order valence-electron chi connectivity index (χ4n) is 2.18. The van der Waals surface area contributed by atoms with Gasteiger partial charge in [0.15, 0.2) is 0 Å². The highest BCUT2D eigenvalue weighted by atomic mass is 35.5. The third-order valence-electron chi connectivity index (χ3n) is 3.47. The van der Waals surface area contributed by atoms with E-state index in [4.69, 9.17) is 34.3 Å². The Morgan fingerprint density at radius 2 is 2.05 bits per heavy atom. The van der Waals surface area contributed by atoms with Gasteiger partial charge in [-0.05, 0) is 25.2 Å². The van der Waals surface area contributed by atoms with Gasteiger partial charge in [-0.25, -0.2) is 0 Å². The normalized spacial score (nSPS) is 17.1. The van der Waals surface area contributed by atoms with E-state index in [0.29, 0.717) is 22.4 Å². The minimum absolute atomic E-state index is 0.330. The topological polar surface area (TPSA) is 41.7 Å². The molecule has 0 aromatic heterocycles. The molecule has 1 aliphatic heterocycles. The van der Waals surface area contributed by atoms with E-state index in [-0.39, 0.29) is 0 Å². The third-order valence-corrected chi connectivity index (χ3v) is 3.93. The van der Waals surface area contributed by atoms with Gasteiger partial charge in [-0.2, -0.15) is 0 Å². The summed E-state index contributed by atoms with van der Waals surface area (Å²) in [5, 5.41) is 0.625. The average Bonchev–Trinajstić information content (AvgIpc) is 2.41. The van der Waals surface area contributed by atoms with Gasteiger partial charge in [0, 0.05) is 37.7 Å². The van der Waals surface area contributed by atoms with Crippen molar-refractivity contribution in [2.24, 2.45) is 5.73 Å². The van der Waals surface area contributed by atoms with E-state index in [1.165, 1.54) is 0 Å². The maximum absolute atomic E-state index is 5.99. The lowest BCUT2D eigenvalue weighted by Crippen LogP contribution is -2.45. The molecule has 2 rings (SSSR count). The Balaban J connectivity index is 1.87. The monoisotopic (exact) mass is 313 g/mol. The summed E-state index contributed by atoms with van der Waals surface area (Å²) < 4.78 is 5.80. The van der Waals surface area contributed by atoms with Gasteiger partial charge in [0.1, 0.15) is 17.3 Å².